The highest BCUT2D eigenvalue weighted by Crippen LogP contribution is 2.19. The van der Waals surface area contributed by atoms with Crippen molar-refractivity contribution >= 4 is 8.80 Å². The second-order valence-electron chi connectivity index (χ2n) is 3.64. The van der Waals surface area contributed by atoms with E-state index in [1.807, 2.05) is 19.9 Å². The molecule has 0 amide bonds. The first-order chi connectivity index (χ1) is 7.74. The molecule has 0 N–H and O–H groups in total. The van der Waals surface area contributed by atoms with Gasteiger partial charge < -0.3 is 13.3 Å². The Morgan fingerprint density at radius 3 is 2.12 bits per heavy atom. The van der Waals surface area contributed by atoms with Crippen molar-refractivity contribution in [3.63, 3.8) is 0 Å². The Morgan fingerprint density at radius 1 is 1.06 bits per heavy atom. The van der Waals surface area contributed by atoms with Crippen molar-refractivity contribution in [1.82, 2.24) is 0 Å². The molecule has 0 bridgehead atoms. The molecule has 96 valence electrons. The van der Waals surface area contributed by atoms with Crippen molar-refractivity contribution in [2.75, 3.05) is 20.3 Å². The van der Waals surface area contributed by atoms with Crippen molar-refractivity contribution in [2.24, 2.45) is 0 Å². The number of hydrogen-bond acceptors (Lipinski definition) is 3. The smallest absolute Gasteiger partial charge is 0.377 e. The summed E-state index contributed by atoms with van der Waals surface area (Å²) in [5.41, 5.74) is 0. The van der Waals surface area contributed by atoms with E-state index >= 15 is 0 Å². The Kier molecular flexibility index (Phi) is 9.92. The van der Waals surface area contributed by atoms with Gasteiger partial charge in [0, 0.05) is 26.4 Å². The predicted octanol–water partition coefficient (Wildman–Crippen LogP) is 3.39. The highest BCUT2D eigenvalue weighted by molar-refractivity contribution is 6.60. The maximum Gasteiger partial charge on any atom is 0.500 e. The van der Waals surface area contributed by atoms with E-state index in [4.69, 9.17) is 13.3 Å². The standard InChI is InChI=1S/C12H26O3Si/c1-5-8-9-10-11-12-16(13-4,14-6-2)15-7-3/h5H,1,6-12H2,2-4H3. The summed E-state index contributed by atoms with van der Waals surface area (Å²) in [6.45, 7) is 9.00. The van der Waals surface area contributed by atoms with Crippen LogP contribution in [0.15, 0.2) is 12.7 Å². The lowest BCUT2D eigenvalue weighted by Gasteiger charge is -2.27. The summed E-state index contributed by atoms with van der Waals surface area (Å²) in [4.78, 5) is 0. The molecule has 0 aromatic heterocycles. The fourth-order valence-electron chi connectivity index (χ4n) is 1.65. The van der Waals surface area contributed by atoms with E-state index in [2.05, 4.69) is 6.58 Å². The third kappa shape index (κ3) is 6.43. The van der Waals surface area contributed by atoms with Gasteiger partial charge in [-0.15, -0.1) is 6.58 Å². The van der Waals surface area contributed by atoms with Gasteiger partial charge in [0.2, 0.25) is 0 Å². The molecule has 0 heterocycles. The molecule has 0 spiro atoms. The summed E-state index contributed by atoms with van der Waals surface area (Å²) in [5, 5.41) is 0. The molecule has 0 rings (SSSR count). The zero-order valence-corrected chi connectivity index (χ0v) is 12.0. The third-order valence-corrected chi connectivity index (χ3v) is 5.48. The lowest BCUT2D eigenvalue weighted by atomic mass is 10.2. The second kappa shape index (κ2) is 10.0. The number of unbranched alkanes of at least 4 members (excludes halogenated alkanes) is 3. The van der Waals surface area contributed by atoms with Gasteiger partial charge in [0.15, 0.2) is 0 Å². The predicted molar refractivity (Wildman–Crippen MR) is 69.5 cm³/mol. The van der Waals surface area contributed by atoms with Gasteiger partial charge in [-0.1, -0.05) is 12.5 Å². The average Bonchev–Trinajstić information content (AvgIpc) is 2.29. The highest BCUT2D eigenvalue weighted by Gasteiger charge is 2.38. The van der Waals surface area contributed by atoms with Crippen molar-refractivity contribution < 1.29 is 13.3 Å². The highest BCUT2D eigenvalue weighted by atomic mass is 28.4. The van der Waals surface area contributed by atoms with Gasteiger partial charge in [-0.25, -0.2) is 0 Å². The molecule has 0 aliphatic heterocycles. The van der Waals surface area contributed by atoms with Crippen LogP contribution in [0.5, 0.6) is 0 Å². The molecular formula is C12H26O3Si. The number of hydrogen-bond donors (Lipinski definition) is 0. The zero-order chi connectivity index (χ0) is 12.3. The molecule has 0 fully saturated rings. The van der Waals surface area contributed by atoms with E-state index in [1.54, 1.807) is 7.11 Å². The van der Waals surface area contributed by atoms with Gasteiger partial charge in [0.1, 0.15) is 0 Å². The second-order valence-corrected chi connectivity index (χ2v) is 6.49. The van der Waals surface area contributed by atoms with Crippen LogP contribution in [0.25, 0.3) is 0 Å². The van der Waals surface area contributed by atoms with Gasteiger partial charge >= 0.3 is 8.80 Å². The third-order valence-electron chi connectivity index (χ3n) is 2.43. The molecule has 0 atom stereocenters. The van der Waals surface area contributed by atoms with Crippen LogP contribution in [0.4, 0.5) is 0 Å². The van der Waals surface area contributed by atoms with Gasteiger partial charge in [0.05, 0.1) is 0 Å². The lowest BCUT2D eigenvalue weighted by Crippen LogP contribution is -2.44. The van der Waals surface area contributed by atoms with Crippen LogP contribution in [-0.2, 0) is 13.3 Å². The first-order valence-corrected chi connectivity index (χ1v) is 8.11. The minimum atomic E-state index is -2.36. The molecule has 0 saturated heterocycles. The van der Waals surface area contributed by atoms with Crippen molar-refractivity contribution in [2.45, 2.75) is 45.6 Å². The van der Waals surface area contributed by atoms with E-state index in [9.17, 15) is 0 Å². The molecule has 3 nitrogen and oxygen atoms in total. The van der Waals surface area contributed by atoms with E-state index < -0.39 is 8.80 Å². The molecule has 0 saturated carbocycles. The van der Waals surface area contributed by atoms with Crippen LogP contribution in [-0.4, -0.2) is 29.1 Å². The summed E-state index contributed by atoms with van der Waals surface area (Å²) in [6.07, 6.45) is 6.53. The summed E-state index contributed by atoms with van der Waals surface area (Å²) in [6, 6.07) is 0.919. The lowest BCUT2D eigenvalue weighted by molar-refractivity contribution is 0.0859. The van der Waals surface area contributed by atoms with E-state index in [-0.39, 0.29) is 0 Å². The molecule has 16 heavy (non-hydrogen) atoms. The van der Waals surface area contributed by atoms with Gasteiger partial charge in [0.25, 0.3) is 0 Å². The summed E-state index contributed by atoms with van der Waals surface area (Å²) < 4.78 is 16.9. The Labute approximate surface area is 101 Å². The molecule has 4 heteroatoms. The van der Waals surface area contributed by atoms with Gasteiger partial charge in [-0.05, 0) is 33.1 Å². The molecule has 0 unspecified atom stereocenters. The Morgan fingerprint density at radius 2 is 1.69 bits per heavy atom. The van der Waals surface area contributed by atoms with Crippen molar-refractivity contribution in [1.29, 1.82) is 0 Å². The monoisotopic (exact) mass is 246 g/mol. The zero-order valence-electron chi connectivity index (χ0n) is 11.0. The normalized spacial score (nSPS) is 11.7. The minimum absolute atomic E-state index is 0.659. The van der Waals surface area contributed by atoms with Crippen LogP contribution >= 0.6 is 0 Å². The molecule has 0 aliphatic carbocycles. The van der Waals surface area contributed by atoms with Crippen LogP contribution < -0.4 is 0 Å². The number of allylic oxidation sites excluding steroid dienone is 1. The minimum Gasteiger partial charge on any atom is -0.377 e. The molecule has 0 aromatic rings. The molecule has 0 radical (unpaired) electrons. The molecular weight excluding hydrogens is 220 g/mol. The van der Waals surface area contributed by atoms with E-state index in [0.717, 1.165) is 18.9 Å². The summed E-state index contributed by atoms with van der Waals surface area (Å²) in [5.74, 6) is 0. The van der Waals surface area contributed by atoms with Crippen LogP contribution in [0.2, 0.25) is 6.04 Å². The molecule has 0 aliphatic rings. The summed E-state index contributed by atoms with van der Waals surface area (Å²) in [7, 11) is -0.660. The topological polar surface area (TPSA) is 27.7 Å². The van der Waals surface area contributed by atoms with Crippen molar-refractivity contribution in [3.05, 3.63) is 12.7 Å². The maximum atomic E-state index is 5.70. The SMILES string of the molecule is C=CCCCCC[Si](OC)(OCC)OCC. The van der Waals surface area contributed by atoms with Crippen LogP contribution in [0.3, 0.4) is 0 Å². The van der Waals surface area contributed by atoms with Gasteiger partial charge in [-0.2, -0.15) is 0 Å². The summed E-state index contributed by atoms with van der Waals surface area (Å²) >= 11 is 0. The molecule has 0 aromatic carbocycles. The maximum absolute atomic E-state index is 5.70. The average molecular weight is 246 g/mol. The van der Waals surface area contributed by atoms with Crippen molar-refractivity contribution in [3.8, 4) is 0 Å². The quantitative estimate of drug-likeness (QED) is 0.318. The fourth-order valence-corrected chi connectivity index (χ4v) is 4.03. The first-order valence-electron chi connectivity index (χ1n) is 6.18. The first kappa shape index (κ1) is 15.8. The van der Waals surface area contributed by atoms with E-state index in [0.29, 0.717) is 13.2 Å². The van der Waals surface area contributed by atoms with Gasteiger partial charge in [-0.3, -0.25) is 0 Å². The van der Waals surface area contributed by atoms with Crippen LogP contribution in [0, 0.1) is 0 Å². The largest absolute Gasteiger partial charge is 0.500 e. The Bertz CT molecular complexity index is 168. The number of rotatable bonds is 11. The van der Waals surface area contributed by atoms with E-state index in [1.165, 1.54) is 12.8 Å². The van der Waals surface area contributed by atoms with Crippen LogP contribution in [0.1, 0.15) is 39.5 Å². The Balaban J connectivity index is 3.93. The Hall–Kier alpha value is -0.163. The fraction of sp³-hybridized carbons (Fsp3) is 0.833.